The zero-order chi connectivity index (χ0) is 26.0. The SMILES string of the molecule is N#CCn1c(CCC2(O)CCC2)c(-c2ccc(F)c(C(F)F)c2)c(=O)n(-c2cncc(C#N)c2)c1=O. The largest absolute Gasteiger partial charge is 0.390 e. The molecule has 4 rings (SSSR count). The summed E-state index contributed by atoms with van der Waals surface area (Å²) in [4.78, 5) is 31.1. The third kappa shape index (κ3) is 4.53. The number of halogens is 3. The topological polar surface area (TPSA) is 125 Å². The first kappa shape index (κ1) is 24.9. The zero-order valence-electron chi connectivity index (χ0n) is 18.9. The molecule has 184 valence electrons. The third-order valence-electron chi connectivity index (χ3n) is 6.42. The van der Waals surface area contributed by atoms with Gasteiger partial charge >= 0.3 is 5.69 Å². The molecule has 2 heterocycles. The fourth-order valence-corrected chi connectivity index (χ4v) is 4.37. The Bertz CT molecular complexity index is 1530. The van der Waals surface area contributed by atoms with Gasteiger partial charge in [-0.05, 0) is 55.9 Å². The number of alkyl halides is 2. The molecule has 1 fully saturated rings. The van der Waals surface area contributed by atoms with E-state index in [-0.39, 0.29) is 40.9 Å². The molecule has 36 heavy (non-hydrogen) atoms. The van der Waals surface area contributed by atoms with E-state index in [4.69, 9.17) is 0 Å². The highest BCUT2D eigenvalue weighted by Crippen LogP contribution is 2.36. The predicted molar refractivity (Wildman–Crippen MR) is 122 cm³/mol. The maximum Gasteiger partial charge on any atom is 0.336 e. The van der Waals surface area contributed by atoms with E-state index in [1.807, 2.05) is 12.1 Å². The van der Waals surface area contributed by atoms with E-state index in [1.165, 1.54) is 18.5 Å². The van der Waals surface area contributed by atoms with Crippen molar-refractivity contribution in [3.8, 4) is 29.0 Å². The monoisotopic (exact) mass is 495 g/mol. The lowest BCUT2D eigenvalue weighted by atomic mass is 9.76. The van der Waals surface area contributed by atoms with Gasteiger partial charge in [0.05, 0.1) is 40.2 Å². The van der Waals surface area contributed by atoms with E-state index in [2.05, 4.69) is 4.98 Å². The Morgan fingerprint density at radius 1 is 1.17 bits per heavy atom. The number of aromatic nitrogens is 3. The highest BCUT2D eigenvalue weighted by atomic mass is 19.3. The number of benzene rings is 1. The van der Waals surface area contributed by atoms with Crippen LogP contribution >= 0.6 is 0 Å². The Hall–Kier alpha value is -4.22. The van der Waals surface area contributed by atoms with E-state index in [1.54, 1.807) is 0 Å². The Morgan fingerprint density at radius 2 is 1.92 bits per heavy atom. The number of nitrogens with zero attached hydrogens (tertiary/aromatic N) is 5. The predicted octanol–water partition coefficient (Wildman–Crippen LogP) is 3.38. The summed E-state index contributed by atoms with van der Waals surface area (Å²) in [6.45, 7) is -0.478. The molecule has 2 aromatic heterocycles. The Morgan fingerprint density at radius 3 is 2.53 bits per heavy atom. The van der Waals surface area contributed by atoms with Gasteiger partial charge in [-0.2, -0.15) is 10.5 Å². The minimum absolute atomic E-state index is 0.00327. The Labute approximate surface area is 203 Å². The average Bonchev–Trinajstić information content (AvgIpc) is 2.84. The lowest BCUT2D eigenvalue weighted by molar-refractivity contribution is -0.0400. The number of hydrogen-bond acceptors (Lipinski definition) is 6. The van der Waals surface area contributed by atoms with Crippen LogP contribution < -0.4 is 11.2 Å². The van der Waals surface area contributed by atoms with E-state index in [9.17, 15) is 38.4 Å². The molecule has 0 saturated heterocycles. The third-order valence-corrected chi connectivity index (χ3v) is 6.42. The van der Waals surface area contributed by atoms with E-state index in [0.717, 1.165) is 29.2 Å². The van der Waals surface area contributed by atoms with Gasteiger partial charge in [-0.1, -0.05) is 6.07 Å². The van der Waals surface area contributed by atoms with Crippen LogP contribution in [0.1, 0.15) is 48.9 Å². The number of pyridine rings is 1. The first-order chi connectivity index (χ1) is 17.2. The highest BCUT2D eigenvalue weighted by molar-refractivity contribution is 5.67. The van der Waals surface area contributed by atoms with Crippen molar-refractivity contribution in [1.29, 1.82) is 10.5 Å². The fraction of sp³-hybridized carbons (Fsp3) is 0.320. The molecule has 1 aliphatic rings. The van der Waals surface area contributed by atoms with Crippen LogP contribution in [-0.4, -0.2) is 24.8 Å². The van der Waals surface area contributed by atoms with Crippen LogP contribution in [0.2, 0.25) is 0 Å². The summed E-state index contributed by atoms with van der Waals surface area (Å²) in [6, 6.07) is 7.77. The Balaban J connectivity index is 2.05. The molecule has 0 amide bonds. The quantitative estimate of drug-likeness (QED) is 0.536. The number of nitriles is 2. The fourth-order valence-electron chi connectivity index (χ4n) is 4.37. The minimum Gasteiger partial charge on any atom is -0.390 e. The molecular formula is C25H20F3N5O3. The smallest absolute Gasteiger partial charge is 0.336 e. The molecule has 8 nitrogen and oxygen atoms in total. The van der Waals surface area contributed by atoms with Gasteiger partial charge in [0.2, 0.25) is 0 Å². The van der Waals surface area contributed by atoms with Gasteiger partial charge in [0, 0.05) is 11.9 Å². The van der Waals surface area contributed by atoms with Gasteiger partial charge in [-0.15, -0.1) is 0 Å². The van der Waals surface area contributed by atoms with Crippen LogP contribution in [0, 0.1) is 28.5 Å². The van der Waals surface area contributed by atoms with Crippen molar-refractivity contribution in [2.24, 2.45) is 0 Å². The van der Waals surface area contributed by atoms with E-state index in [0.29, 0.717) is 17.4 Å². The second kappa shape index (κ2) is 9.80. The first-order valence-electron chi connectivity index (χ1n) is 11.1. The number of hydrogen-bond donors (Lipinski definition) is 1. The van der Waals surface area contributed by atoms with Crippen molar-refractivity contribution in [2.75, 3.05) is 0 Å². The lowest BCUT2D eigenvalue weighted by Crippen LogP contribution is -2.43. The summed E-state index contributed by atoms with van der Waals surface area (Å²) < 4.78 is 42.7. The normalized spacial score (nSPS) is 14.2. The molecule has 1 N–H and O–H groups in total. The van der Waals surface area contributed by atoms with Crippen LogP contribution in [0.15, 0.2) is 46.2 Å². The second-order valence-electron chi connectivity index (χ2n) is 8.65. The van der Waals surface area contributed by atoms with Crippen molar-refractivity contribution < 1.29 is 18.3 Å². The average molecular weight is 495 g/mol. The van der Waals surface area contributed by atoms with Crippen molar-refractivity contribution in [2.45, 2.75) is 50.7 Å². The van der Waals surface area contributed by atoms with Gasteiger partial charge in [0.1, 0.15) is 18.4 Å². The molecule has 0 unspecified atom stereocenters. The van der Waals surface area contributed by atoms with Crippen LogP contribution in [0.25, 0.3) is 16.8 Å². The standard InChI is InChI=1S/C25H20F3N5O3/c26-19-3-2-16(11-18(19)22(27)28)21-20(4-7-25(36)5-1-6-25)32(9-8-29)24(35)33(23(21)34)17-10-15(12-30)13-31-14-17/h2-3,10-11,13-14,22,36H,1,4-7,9H2. The summed E-state index contributed by atoms with van der Waals surface area (Å²) in [5.74, 6) is -1.16. The van der Waals surface area contributed by atoms with Gasteiger partial charge < -0.3 is 5.11 Å². The van der Waals surface area contributed by atoms with Crippen LogP contribution in [-0.2, 0) is 13.0 Å². The lowest BCUT2D eigenvalue weighted by Gasteiger charge is -2.37. The first-order valence-corrected chi connectivity index (χ1v) is 11.1. The molecule has 3 aromatic rings. The molecule has 0 radical (unpaired) electrons. The summed E-state index contributed by atoms with van der Waals surface area (Å²) in [6.07, 6.45) is 1.28. The molecule has 1 aromatic carbocycles. The molecule has 0 aliphatic heterocycles. The molecule has 0 bridgehead atoms. The molecule has 1 aliphatic carbocycles. The van der Waals surface area contributed by atoms with E-state index < -0.39 is 41.2 Å². The van der Waals surface area contributed by atoms with Crippen molar-refractivity contribution in [1.82, 2.24) is 14.1 Å². The van der Waals surface area contributed by atoms with Crippen molar-refractivity contribution in [3.05, 3.63) is 80.1 Å². The molecule has 0 atom stereocenters. The zero-order valence-corrected chi connectivity index (χ0v) is 18.9. The van der Waals surface area contributed by atoms with E-state index >= 15 is 0 Å². The maximum atomic E-state index is 14.1. The Kier molecular flexibility index (Phi) is 6.77. The van der Waals surface area contributed by atoms with Gasteiger partial charge in [0.25, 0.3) is 12.0 Å². The summed E-state index contributed by atoms with van der Waals surface area (Å²) in [5.41, 5.74) is -3.91. The molecule has 1 saturated carbocycles. The maximum absolute atomic E-state index is 14.1. The molecule has 0 spiro atoms. The van der Waals surface area contributed by atoms with Crippen molar-refractivity contribution in [3.63, 3.8) is 0 Å². The number of rotatable bonds is 7. The van der Waals surface area contributed by atoms with Gasteiger partial charge in [-0.3, -0.25) is 14.3 Å². The molecular weight excluding hydrogens is 475 g/mol. The summed E-state index contributed by atoms with van der Waals surface area (Å²) in [7, 11) is 0. The highest BCUT2D eigenvalue weighted by Gasteiger charge is 2.35. The molecule has 11 heteroatoms. The van der Waals surface area contributed by atoms with Gasteiger partial charge in [-0.25, -0.2) is 22.5 Å². The summed E-state index contributed by atoms with van der Waals surface area (Å²) >= 11 is 0. The second-order valence-corrected chi connectivity index (χ2v) is 8.65. The van der Waals surface area contributed by atoms with Crippen LogP contribution in [0.3, 0.4) is 0 Å². The minimum atomic E-state index is -3.16. The van der Waals surface area contributed by atoms with Crippen LogP contribution in [0.4, 0.5) is 13.2 Å². The van der Waals surface area contributed by atoms with Crippen LogP contribution in [0.5, 0.6) is 0 Å². The van der Waals surface area contributed by atoms with Gasteiger partial charge in [0.15, 0.2) is 0 Å². The number of aliphatic hydroxyl groups is 1. The van der Waals surface area contributed by atoms with Crippen molar-refractivity contribution >= 4 is 0 Å². The summed E-state index contributed by atoms with van der Waals surface area (Å²) in [5, 5.41) is 29.3.